The number of thiol groups is 1. The van der Waals surface area contributed by atoms with Crippen LogP contribution in [0.1, 0.15) is 53.4 Å². The fourth-order valence-corrected chi connectivity index (χ4v) is 5.04. The largest absolute Gasteiger partial charge is 0.320 e. The fourth-order valence-electron chi connectivity index (χ4n) is 4.59. The minimum Gasteiger partial charge on any atom is -0.320 e. The van der Waals surface area contributed by atoms with E-state index in [1.807, 2.05) is 24.3 Å². The summed E-state index contributed by atoms with van der Waals surface area (Å²) >= 11 is 7.47. The highest BCUT2D eigenvalue weighted by molar-refractivity contribution is 9.10. The first-order valence-corrected chi connectivity index (χ1v) is 11.5. The number of rotatable bonds is 3. The molecule has 2 aliphatic rings. The Balaban J connectivity index is 0.000000252. The zero-order chi connectivity index (χ0) is 22.2. The van der Waals surface area contributed by atoms with Crippen molar-refractivity contribution in [3.63, 3.8) is 0 Å². The summed E-state index contributed by atoms with van der Waals surface area (Å²) in [5.74, 6) is 2.28. The predicted octanol–water partition coefficient (Wildman–Crippen LogP) is 4.90. The molecule has 0 aliphatic heterocycles. The Kier molecular flexibility index (Phi) is 10.6. The van der Waals surface area contributed by atoms with E-state index < -0.39 is 5.54 Å². The Hall–Kier alpha value is -0.690. The first-order chi connectivity index (χ1) is 13.4. The molecular formula is C23H37BrN2O2S. The molecule has 2 aliphatic carbocycles. The summed E-state index contributed by atoms with van der Waals surface area (Å²) in [4.78, 5) is 21.8. The molecule has 2 bridgehead atoms. The number of nitrogens with two attached hydrogens (primary N) is 1. The van der Waals surface area contributed by atoms with Crippen molar-refractivity contribution >= 4 is 41.1 Å². The van der Waals surface area contributed by atoms with E-state index in [0.29, 0.717) is 18.2 Å². The van der Waals surface area contributed by atoms with Gasteiger partial charge in [0, 0.05) is 20.8 Å². The van der Waals surface area contributed by atoms with Gasteiger partial charge in [-0.2, -0.15) is 0 Å². The standard InChI is InChI=1S/C13H23NO.C6H5BrS.C4H9NO/c1-9-4-10-5-11(12(9)14-3)7-13(2,6-10)8-15;7-5-3-1-2-4-6(5)8;1-4(2,5)3-6/h8-12,14H,4-7H2,1-3H3;1-4,8H;3H,5H2,1-2H3. The summed E-state index contributed by atoms with van der Waals surface area (Å²) in [6.07, 6.45) is 6.75. The van der Waals surface area contributed by atoms with Crippen LogP contribution < -0.4 is 11.1 Å². The lowest BCUT2D eigenvalue weighted by molar-refractivity contribution is -0.120. The number of hydrogen-bond donors (Lipinski definition) is 3. The quantitative estimate of drug-likeness (QED) is 0.421. The minimum absolute atomic E-state index is 0.0389. The molecule has 0 radical (unpaired) electrons. The van der Waals surface area contributed by atoms with Gasteiger partial charge >= 0.3 is 0 Å². The smallest absolute Gasteiger partial charge is 0.139 e. The molecule has 4 nitrogen and oxygen atoms in total. The second-order valence-corrected chi connectivity index (χ2v) is 10.8. The number of carbonyl (C=O) groups is 2. The highest BCUT2D eigenvalue weighted by atomic mass is 79.9. The third-order valence-corrected chi connectivity index (χ3v) is 7.11. The van der Waals surface area contributed by atoms with Crippen molar-refractivity contribution in [2.24, 2.45) is 28.9 Å². The van der Waals surface area contributed by atoms with E-state index in [2.05, 4.69) is 54.8 Å². The lowest BCUT2D eigenvalue weighted by atomic mass is 9.58. The van der Waals surface area contributed by atoms with Gasteiger partial charge in [-0.05, 0) is 92.4 Å². The van der Waals surface area contributed by atoms with Crippen molar-refractivity contribution in [3.8, 4) is 0 Å². The normalized spacial score (nSPS) is 30.8. The molecule has 0 heterocycles. The zero-order valence-electron chi connectivity index (χ0n) is 18.3. The third-order valence-electron chi connectivity index (χ3n) is 5.72. The van der Waals surface area contributed by atoms with Crippen LogP contribution in [0.15, 0.2) is 33.6 Å². The van der Waals surface area contributed by atoms with E-state index in [0.717, 1.165) is 34.0 Å². The van der Waals surface area contributed by atoms with E-state index in [4.69, 9.17) is 5.73 Å². The van der Waals surface area contributed by atoms with Crippen molar-refractivity contribution in [1.82, 2.24) is 5.32 Å². The number of nitrogens with one attached hydrogen (secondary N) is 1. The first-order valence-electron chi connectivity index (χ1n) is 10.3. The average Bonchev–Trinajstić information content (AvgIpc) is 2.64. The molecule has 2 fully saturated rings. The molecule has 0 amide bonds. The van der Waals surface area contributed by atoms with Crippen LogP contribution in [0.4, 0.5) is 0 Å². The van der Waals surface area contributed by atoms with Crippen LogP contribution in [-0.4, -0.2) is 31.2 Å². The van der Waals surface area contributed by atoms with Crippen molar-refractivity contribution < 1.29 is 9.59 Å². The molecule has 6 heteroatoms. The molecule has 0 aromatic heterocycles. The van der Waals surface area contributed by atoms with Gasteiger partial charge in [-0.15, -0.1) is 12.6 Å². The molecule has 3 rings (SSSR count). The van der Waals surface area contributed by atoms with Gasteiger partial charge in [0.25, 0.3) is 0 Å². The topological polar surface area (TPSA) is 72.2 Å². The van der Waals surface area contributed by atoms with Crippen LogP contribution in [0.5, 0.6) is 0 Å². The summed E-state index contributed by atoms with van der Waals surface area (Å²) in [5, 5.41) is 3.46. The first kappa shape index (κ1) is 26.3. The Morgan fingerprint density at radius 2 is 1.83 bits per heavy atom. The summed E-state index contributed by atoms with van der Waals surface area (Å²) in [6, 6.07) is 8.44. The fraction of sp³-hybridized carbons (Fsp3) is 0.652. The third kappa shape index (κ3) is 8.91. The van der Waals surface area contributed by atoms with Gasteiger partial charge < -0.3 is 20.6 Å². The maximum atomic E-state index is 11.2. The molecule has 0 saturated heterocycles. The minimum atomic E-state index is -0.639. The lowest BCUT2D eigenvalue weighted by Crippen LogP contribution is -2.50. The van der Waals surface area contributed by atoms with Gasteiger partial charge in [-0.3, -0.25) is 0 Å². The van der Waals surface area contributed by atoms with Crippen LogP contribution in [-0.2, 0) is 9.59 Å². The Morgan fingerprint density at radius 1 is 1.24 bits per heavy atom. The molecule has 29 heavy (non-hydrogen) atoms. The lowest BCUT2D eigenvalue weighted by Gasteiger charge is -2.49. The summed E-state index contributed by atoms with van der Waals surface area (Å²) in [6.45, 7) is 7.80. The van der Waals surface area contributed by atoms with Crippen LogP contribution in [0.25, 0.3) is 0 Å². The Bertz CT molecular complexity index is 642. The summed E-state index contributed by atoms with van der Waals surface area (Å²) in [7, 11) is 2.06. The number of hydrogen-bond acceptors (Lipinski definition) is 5. The predicted molar refractivity (Wildman–Crippen MR) is 127 cm³/mol. The maximum Gasteiger partial charge on any atom is 0.139 e. The Labute approximate surface area is 190 Å². The van der Waals surface area contributed by atoms with E-state index in [-0.39, 0.29) is 5.41 Å². The highest BCUT2D eigenvalue weighted by Gasteiger charge is 2.44. The van der Waals surface area contributed by atoms with Crippen molar-refractivity contribution in [2.75, 3.05) is 7.05 Å². The van der Waals surface area contributed by atoms with Crippen LogP contribution >= 0.6 is 28.6 Å². The molecule has 2 saturated carbocycles. The highest BCUT2D eigenvalue weighted by Crippen LogP contribution is 2.49. The van der Waals surface area contributed by atoms with E-state index in [1.165, 1.54) is 19.1 Å². The number of aldehydes is 2. The summed E-state index contributed by atoms with van der Waals surface area (Å²) < 4.78 is 1.04. The van der Waals surface area contributed by atoms with Crippen LogP contribution in [0.2, 0.25) is 0 Å². The van der Waals surface area contributed by atoms with Gasteiger partial charge in [-0.1, -0.05) is 26.0 Å². The van der Waals surface area contributed by atoms with E-state index in [9.17, 15) is 9.59 Å². The molecule has 3 N–H and O–H groups in total. The SMILES string of the molecule is CC(C)(N)C=O.CNC1C(C)CC2CC1CC(C)(C=O)C2.Sc1ccccc1Br. The van der Waals surface area contributed by atoms with Crippen molar-refractivity contribution in [2.45, 2.75) is 69.9 Å². The van der Waals surface area contributed by atoms with Gasteiger partial charge in [0.15, 0.2) is 0 Å². The second kappa shape index (κ2) is 11.6. The molecular weight excluding hydrogens is 448 g/mol. The van der Waals surface area contributed by atoms with Gasteiger partial charge in [0.05, 0.1) is 5.54 Å². The average molecular weight is 486 g/mol. The molecule has 0 spiro atoms. The number of fused-ring (bicyclic) bond motifs is 2. The molecule has 5 atom stereocenters. The zero-order valence-corrected chi connectivity index (χ0v) is 20.8. The molecule has 1 aromatic carbocycles. The van der Waals surface area contributed by atoms with Crippen LogP contribution in [0.3, 0.4) is 0 Å². The molecule has 1 aromatic rings. The Morgan fingerprint density at radius 3 is 2.24 bits per heavy atom. The molecule has 5 unspecified atom stereocenters. The summed E-state index contributed by atoms with van der Waals surface area (Å²) in [5.41, 5.74) is 4.49. The van der Waals surface area contributed by atoms with Gasteiger partial charge in [0.1, 0.15) is 12.6 Å². The number of halogens is 1. The van der Waals surface area contributed by atoms with E-state index in [1.54, 1.807) is 13.8 Å². The number of benzene rings is 1. The van der Waals surface area contributed by atoms with Crippen molar-refractivity contribution in [3.05, 3.63) is 28.7 Å². The second-order valence-electron chi connectivity index (χ2n) is 9.46. The van der Waals surface area contributed by atoms with Crippen LogP contribution in [0, 0.1) is 23.2 Å². The monoisotopic (exact) mass is 484 g/mol. The van der Waals surface area contributed by atoms with Crippen molar-refractivity contribution in [1.29, 1.82) is 0 Å². The molecule has 164 valence electrons. The number of carbonyl (C=O) groups excluding carboxylic acids is 2. The van der Waals surface area contributed by atoms with Gasteiger partial charge in [-0.25, -0.2) is 0 Å². The maximum absolute atomic E-state index is 11.2. The van der Waals surface area contributed by atoms with E-state index >= 15 is 0 Å². The van der Waals surface area contributed by atoms with Gasteiger partial charge in [0.2, 0.25) is 0 Å².